The van der Waals surface area contributed by atoms with Crippen molar-refractivity contribution in [3.63, 3.8) is 0 Å². The summed E-state index contributed by atoms with van der Waals surface area (Å²) < 4.78 is 16.0. The summed E-state index contributed by atoms with van der Waals surface area (Å²) in [6.07, 6.45) is 0.618. The van der Waals surface area contributed by atoms with Gasteiger partial charge in [0, 0.05) is 18.4 Å². The molecule has 0 radical (unpaired) electrons. The zero-order chi connectivity index (χ0) is 19.7. The van der Waals surface area contributed by atoms with Crippen LogP contribution in [0.25, 0.3) is 16.4 Å². The Labute approximate surface area is 160 Å². The van der Waals surface area contributed by atoms with Crippen LogP contribution in [0.2, 0.25) is 0 Å². The highest BCUT2D eigenvalue weighted by Crippen LogP contribution is 2.19. The van der Waals surface area contributed by atoms with E-state index >= 15 is 0 Å². The molecule has 2 heterocycles. The third-order valence-corrected chi connectivity index (χ3v) is 4.67. The van der Waals surface area contributed by atoms with Crippen LogP contribution in [0, 0.1) is 5.82 Å². The van der Waals surface area contributed by atoms with Gasteiger partial charge in [0.05, 0.1) is 5.52 Å². The molecule has 2 aromatic carbocycles. The normalized spacial score (nSPS) is 11.2. The molecule has 0 aliphatic heterocycles. The minimum atomic E-state index is -0.332. The van der Waals surface area contributed by atoms with E-state index in [2.05, 4.69) is 10.4 Å². The molecule has 4 rings (SSSR count). The zero-order valence-corrected chi connectivity index (χ0v) is 15.4. The minimum absolute atomic E-state index is 0.176. The molecule has 1 N–H and O–H groups in total. The van der Waals surface area contributed by atoms with Gasteiger partial charge >= 0.3 is 0 Å². The van der Waals surface area contributed by atoms with Crippen LogP contribution in [-0.4, -0.2) is 20.1 Å². The van der Waals surface area contributed by atoms with Gasteiger partial charge in [-0.05, 0) is 29.8 Å². The summed E-state index contributed by atoms with van der Waals surface area (Å²) >= 11 is 0. The van der Waals surface area contributed by atoms with E-state index in [0.717, 1.165) is 16.5 Å². The highest BCUT2D eigenvalue weighted by molar-refractivity contribution is 5.87. The maximum atomic E-state index is 13.0. The molecule has 0 atom stereocenters. The maximum Gasteiger partial charge on any atom is 0.291 e. The second-order valence-electron chi connectivity index (χ2n) is 6.56. The van der Waals surface area contributed by atoms with Gasteiger partial charge in [-0.3, -0.25) is 14.0 Å². The molecule has 1 amide bonds. The van der Waals surface area contributed by atoms with Crippen LogP contribution in [-0.2, 0) is 24.3 Å². The number of para-hydroxylation sites is 1. The lowest BCUT2D eigenvalue weighted by molar-refractivity contribution is -0.122. The maximum absolute atomic E-state index is 13.0. The molecule has 0 fully saturated rings. The number of nitrogens with one attached hydrogen (secondary N) is 1. The van der Waals surface area contributed by atoms with Crippen molar-refractivity contribution in [2.45, 2.75) is 26.4 Å². The van der Waals surface area contributed by atoms with Crippen LogP contribution in [0.5, 0.6) is 0 Å². The summed E-state index contributed by atoms with van der Waals surface area (Å²) in [4.78, 5) is 25.2. The van der Waals surface area contributed by atoms with Crippen molar-refractivity contribution in [3.05, 3.63) is 82.2 Å². The number of aryl methyl sites for hydroxylation is 1. The highest BCUT2D eigenvalue weighted by atomic mass is 19.1. The van der Waals surface area contributed by atoms with Crippen molar-refractivity contribution >= 4 is 22.3 Å². The summed E-state index contributed by atoms with van der Waals surface area (Å²) in [6.45, 7) is 2.04. The van der Waals surface area contributed by atoms with Crippen LogP contribution < -0.4 is 10.9 Å². The van der Waals surface area contributed by atoms with E-state index < -0.39 is 0 Å². The molecule has 7 heteroatoms. The molecular formula is C21H19FN4O2. The number of hydrogen-bond acceptors (Lipinski definition) is 3. The Balaban J connectivity index is 1.62. The molecule has 6 nitrogen and oxygen atoms in total. The first kappa shape index (κ1) is 17.9. The topological polar surface area (TPSA) is 68.4 Å². The second-order valence-corrected chi connectivity index (χ2v) is 6.56. The fourth-order valence-electron chi connectivity index (χ4n) is 3.28. The number of fused-ring (bicyclic) bond motifs is 3. The first-order chi connectivity index (χ1) is 13.6. The summed E-state index contributed by atoms with van der Waals surface area (Å²) in [6, 6.07) is 15.4. The van der Waals surface area contributed by atoms with Gasteiger partial charge in [-0.1, -0.05) is 37.3 Å². The Morgan fingerprint density at radius 2 is 1.86 bits per heavy atom. The monoisotopic (exact) mass is 378 g/mol. The van der Waals surface area contributed by atoms with Gasteiger partial charge in [0.2, 0.25) is 5.91 Å². The van der Waals surface area contributed by atoms with Gasteiger partial charge in [0.1, 0.15) is 23.7 Å². The average molecular weight is 378 g/mol. The molecule has 28 heavy (non-hydrogen) atoms. The van der Waals surface area contributed by atoms with Gasteiger partial charge in [0.15, 0.2) is 0 Å². The third kappa shape index (κ3) is 3.26. The zero-order valence-electron chi connectivity index (χ0n) is 15.4. The number of aromatic nitrogens is 3. The van der Waals surface area contributed by atoms with Gasteiger partial charge in [-0.2, -0.15) is 5.10 Å². The number of hydrogen-bond donors (Lipinski definition) is 1. The quantitative estimate of drug-likeness (QED) is 0.581. The number of benzene rings is 2. The van der Waals surface area contributed by atoms with E-state index in [9.17, 15) is 14.0 Å². The second kappa shape index (κ2) is 7.26. The molecule has 2 aromatic heterocycles. The first-order valence-corrected chi connectivity index (χ1v) is 9.08. The number of amides is 1. The minimum Gasteiger partial charge on any atom is -0.350 e. The van der Waals surface area contributed by atoms with E-state index in [0.29, 0.717) is 17.8 Å². The lowest BCUT2D eigenvalue weighted by Crippen LogP contribution is -2.35. The molecule has 0 unspecified atom stereocenters. The molecule has 0 saturated carbocycles. The van der Waals surface area contributed by atoms with E-state index in [4.69, 9.17) is 0 Å². The standard InChI is InChI=1S/C21H19FN4O2/c1-2-19-24-25(13-20(27)23-12-14-7-9-16(22)10-8-14)21(28)18-11-15-5-3-4-6-17(15)26(18)19/h3-11H,2,12-13H2,1H3,(H,23,27). The molecule has 4 aromatic rings. The van der Waals surface area contributed by atoms with E-state index in [1.807, 2.05) is 41.7 Å². The lowest BCUT2D eigenvalue weighted by atomic mass is 10.2. The van der Waals surface area contributed by atoms with Gasteiger partial charge < -0.3 is 5.32 Å². The fraction of sp³-hybridized carbons (Fsp3) is 0.190. The third-order valence-electron chi connectivity index (χ3n) is 4.67. The Morgan fingerprint density at radius 3 is 2.61 bits per heavy atom. The number of carbonyl (C=O) groups excluding carboxylic acids is 1. The van der Waals surface area contributed by atoms with Gasteiger partial charge in [-0.25, -0.2) is 9.07 Å². The number of halogens is 1. The van der Waals surface area contributed by atoms with Crippen molar-refractivity contribution < 1.29 is 9.18 Å². The van der Waals surface area contributed by atoms with Crippen LogP contribution in [0.1, 0.15) is 18.3 Å². The lowest BCUT2D eigenvalue weighted by Gasteiger charge is -2.10. The number of rotatable bonds is 5. The molecule has 0 aliphatic carbocycles. The Hall–Kier alpha value is -3.48. The molecular weight excluding hydrogens is 359 g/mol. The van der Waals surface area contributed by atoms with E-state index in [1.165, 1.54) is 16.8 Å². The molecule has 0 aliphatic rings. The van der Waals surface area contributed by atoms with Crippen molar-refractivity contribution in [1.29, 1.82) is 0 Å². The first-order valence-electron chi connectivity index (χ1n) is 9.08. The van der Waals surface area contributed by atoms with E-state index in [-0.39, 0.29) is 30.4 Å². The molecule has 142 valence electrons. The Morgan fingerprint density at radius 1 is 1.11 bits per heavy atom. The Bertz CT molecular complexity index is 1230. The molecule has 0 spiro atoms. The largest absolute Gasteiger partial charge is 0.350 e. The van der Waals surface area contributed by atoms with Crippen molar-refractivity contribution in [2.24, 2.45) is 0 Å². The van der Waals surface area contributed by atoms with Gasteiger partial charge in [-0.15, -0.1) is 0 Å². The highest BCUT2D eigenvalue weighted by Gasteiger charge is 2.15. The van der Waals surface area contributed by atoms with Crippen molar-refractivity contribution in [1.82, 2.24) is 19.5 Å². The van der Waals surface area contributed by atoms with Crippen molar-refractivity contribution in [3.8, 4) is 0 Å². The number of nitrogens with zero attached hydrogens (tertiary/aromatic N) is 3. The van der Waals surface area contributed by atoms with E-state index in [1.54, 1.807) is 12.1 Å². The van der Waals surface area contributed by atoms with Crippen LogP contribution in [0.15, 0.2) is 59.4 Å². The van der Waals surface area contributed by atoms with Gasteiger partial charge in [0.25, 0.3) is 5.56 Å². The van der Waals surface area contributed by atoms with Crippen LogP contribution >= 0.6 is 0 Å². The molecule has 0 saturated heterocycles. The summed E-state index contributed by atoms with van der Waals surface area (Å²) in [5.41, 5.74) is 1.88. The van der Waals surface area contributed by atoms with Crippen LogP contribution in [0.4, 0.5) is 4.39 Å². The Kier molecular flexibility index (Phi) is 4.65. The average Bonchev–Trinajstić information content (AvgIpc) is 3.10. The fourth-order valence-corrected chi connectivity index (χ4v) is 3.28. The summed E-state index contributed by atoms with van der Waals surface area (Å²) in [5.74, 6) is 0.0504. The molecule has 0 bridgehead atoms. The SMILES string of the molecule is CCc1nn(CC(=O)NCc2ccc(F)cc2)c(=O)c2cc3ccccc3n12. The summed E-state index contributed by atoms with van der Waals surface area (Å²) in [7, 11) is 0. The smallest absolute Gasteiger partial charge is 0.291 e. The van der Waals surface area contributed by atoms with Crippen LogP contribution in [0.3, 0.4) is 0 Å². The predicted molar refractivity (Wildman–Crippen MR) is 105 cm³/mol. The number of carbonyl (C=O) groups is 1. The predicted octanol–water partition coefficient (Wildman–Crippen LogP) is 2.67. The summed E-state index contributed by atoms with van der Waals surface area (Å²) in [5, 5.41) is 8.10. The van der Waals surface area contributed by atoms with Crippen molar-refractivity contribution in [2.75, 3.05) is 0 Å².